The van der Waals surface area contributed by atoms with Crippen molar-refractivity contribution in [1.29, 1.82) is 0 Å². The van der Waals surface area contributed by atoms with E-state index in [1.807, 2.05) is 26.0 Å². The van der Waals surface area contributed by atoms with E-state index in [2.05, 4.69) is 19.2 Å². The molecule has 0 aromatic heterocycles. The molecule has 1 aromatic carbocycles. The lowest BCUT2D eigenvalue weighted by molar-refractivity contribution is -0.109. The van der Waals surface area contributed by atoms with Crippen LogP contribution in [0, 0.1) is 18.2 Å². The molecule has 1 fully saturated rings. The standard InChI is InChI=1S/C16H24FNO/c1-5-16(4)14(10-15(16)19-6-2)18-13-8-7-11(3)9-12(13)17/h7-9,14-15,18H,5-6,10H2,1-4H3. The molecule has 0 radical (unpaired) electrons. The maximum absolute atomic E-state index is 13.9. The third-order valence-electron chi connectivity index (χ3n) is 4.57. The van der Waals surface area contributed by atoms with Crippen molar-refractivity contribution in [1.82, 2.24) is 0 Å². The van der Waals surface area contributed by atoms with Crippen LogP contribution in [0.3, 0.4) is 0 Å². The molecule has 0 spiro atoms. The van der Waals surface area contributed by atoms with E-state index < -0.39 is 0 Å². The first-order chi connectivity index (χ1) is 9.01. The molecule has 2 rings (SSSR count). The van der Waals surface area contributed by atoms with Gasteiger partial charge in [-0.3, -0.25) is 0 Å². The van der Waals surface area contributed by atoms with E-state index >= 15 is 0 Å². The monoisotopic (exact) mass is 265 g/mol. The van der Waals surface area contributed by atoms with Crippen molar-refractivity contribution in [3.05, 3.63) is 29.6 Å². The van der Waals surface area contributed by atoms with E-state index in [9.17, 15) is 4.39 Å². The first kappa shape index (κ1) is 14.3. The highest BCUT2D eigenvalue weighted by molar-refractivity contribution is 5.48. The third-order valence-corrected chi connectivity index (χ3v) is 4.57. The van der Waals surface area contributed by atoms with E-state index in [0.717, 1.165) is 25.0 Å². The van der Waals surface area contributed by atoms with Gasteiger partial charge in [-0.1, -0.05) is 19.9 Å². The number of benzene rings is 1. The highest BCUT2D eigenvalue weighted by Crippen LogP contribution is 2.47. The molecule has 3 heteroatoms. The Balaban J connectivity index is 2.08. The summed E-state index contributed by atoms with van der Waals surface area (Å²) in [6.45, 7) is 9.06. The molecule has 0 amide bonds. The average Bonchev–Trinajstić information content (AvgIpc) is 2.39. The summed E-state index contributed by atoms with van der Waals surface area (Å²) >= 11 is 0. The van der Waals surface area contributed by atoms with Crippen LogP contribution in [-0.2, 0) is 4.74 Å². The molecule has 1 N–H and O–H groups in total. The fourth-order valence-corrected chi connectivity index (χ4v) is 2.90. The predicted molar refractivity (Wildman–Crippen MR) is 77.0 cm³/mol. The molecule has 1 aliphatic carbocycles. The van der Waals surface area contributed by atoms with Crippen LogP contribution in [0.25, 0.3) is 0 Å². The second kappa shape index (κ2) is 5.49. The van der Waals surface area contributed by atoms with Gasteiger partial charge in [0.15, 0.2) is 0 Å². The van der Waals surface area contributed by atoms with Crippen molar-refractivity contribution in [3.63, 3.8) is 0 Å². The molecule has 3 atom stereocenters. The molecule has 2 nitrogen and oxygen atoms in total. The van der Waals surface area contributed by atoms with Crippen LogP contribution in [-0.4, -0.2) is 18.8 Å². The summed E-state index contributed by atoms with van der Waals surface area (Å²) in [5.74, 6) is -0.168. The maximum Gasteiger partial charge on any atom is 0.146 e. The van der Waals surface area contributed by atoms with E-state index in [1.54, 1.807) is 6.07 Å². The van der Waals surface area contributed by atoms with Gasteiger partial charge in [0.2, 0.25) is 0 Å². The van der Waals surface area contributed by atoms with Crippen LogP contribution in [0.2, 0.25) is 0 Å². The Labute approximate surface area is 115 Å². The first-order valence-electron chi connectivity index (χ1n) is 7.15. The van der Waals surface area contributed by atoms with Gasteiger partial charge in [-0.2, -0.15) is 0 Å². The Morgan fingerprint density at radius 3 is 2.74 bits per heavy atom. The summed E-state index contributed by atoms with van der Waals surface area (Å²) in [5, 5.41) is 3.35. The van der Waals surface area contributed by atoms with Crippen LogP contribution in [0.4, 0.5) is 10.1 Å². The third kappa shape index (κ3) is 2.62. The lowest BCUT2D eigenvalue weighted by Crippen LogP contribution is -2.59. The van der Waals surface area contributed by atoms with E-state index in [4.69, 9.17) is 4.74 Å². The summed E-state index contributed by atoms with van der Waals surface area (Å²) in [6.07, 6.45) is 2.27. The van der Waals surface area contributed by atoms with Crippen molar-refractivity contribution in [2.24, 2.45) is 5.41 Å². The van der Waals surface area contributed by atoms with Crippen LogP contribution < -0.4 is 5.32 Å². The van der Waals surface area contributed by atoms with Crippen molar-refractivity contribution >= 4 is 5.69 Å². The lowest BCUT2D eigenvalue weighted by atomic mass is 9.61. The van der Waals surface area contributed by atoms with E-state index in [1.165, 1.54) is 0 Å². The molecule has 0 bridgehead atoms. The molecular formula is C16H24FNO. The molecule has 0 aliphatic heterocycles. The van der Waals surface area contributed by atoms with Gasteiger partial charge in [0.05, 0.1) is 11.8 Å². The van der Waals surface area contributed by atoms with Gasteiger partial charge in [0.1, 0.15) is 5.82 Å². The predicted octanol–water partition coefficient (Wildman–Crippen LogP) is 4.14. The Hall–Kier alpha value is -1.09. The molecule has 3 unspecified atom stereocenters. The summed E-state index contributed by atoms with van der Waals surface area (Å²) in [4.78, 5) is 0. The molecule has 1 saturated carbocycles. The zero-order chi connectivity index (χ0) is 14.0. The summed E-state index contributed by atoms with van der Waals surface area (Å²) in [5.41, 5.74) is 1.64. The minimum atomic E-state index is -0.168. The number of halogens is 1. The number of aryl methyl sites for hydroxylation is 1. The molecular weight excluding hydrogens is 241 g/mol. The smallest absolute Gasteiger partial charge is 0.146 e. The topological polar surface area (TPSA) is 21.3 Å². The number of nitrogens with one attached hydrogen (secondary N) is 1. The zero-order valence-electron chi connectivity index (χ0n) is 12.3. The van der Waals surface area contributed by atoms with Crippen LogP contribution >= 0.6 is 0 Å². The van der Waals surface area contributed by atoms with Crippen LogP contribution in [0.5, 0.6) is 0 Å². The lowest BCUT2D eigenvalue weighted by Gasteiger charge is -2.53. The molecule has 0 heterocycles. The summed E-state index contributed by atoms with van der Waals surface area (Å²) in [7, 11) is 0. The molecule has 1 aliphatic rings. The molecule has 19 heavy (non-hydrogen) atoms. The van der Waals surface area contributed by atoms with Crippen LogP contribution in [0.1, 0.15) is 39.2 Å². The number of ether oxygens (including phenoxy) is 1. The second-order valence-electron chi connectivity index (χ2n) is 5.72. The zero-order valence-corrected chi connectivity index (χ0v) is 12.3. The van der Waals surface area contributed by atoms with E-state index in [0.29, 0.717) is 5.69 Å². The minimum Gasteiger partial charge on any atom is -0.379 e. The van der Waals surface area contributed by atoms with Gasteiger partial charge in [-0.15, -0.1) is 0 Å². The number of rotatable bonds is 5. The fourth-order valence-electron chi connectivity index (χ4n) is 2.90. The maximum atomic E-state index is 13.9. The molecule has 1 aromatic rings. The van der Waals surface area contributed by atoms with Gasteiger partial charge in [0.25, 0.3) is 0 Å². The largest absolute Gasteiger partial charge is 0.379 e. The highest BCUT2D eigenvalue weighted by atomic mass is 19.1. The Kier molecular flexibility index (Phi) is 4.14. The highest BCUT2D eigenvalue weighted by Gasteiger charge is 2.51. The molecule has 106 valence electrons. The second-order valence-corrected chi connectivity index (χ2v) is 5.72. The van der Waals surface area contributed by atoms with Gasteiger partial charge in [0, 0.05) is 18.1 Å². The Morgan fingerprint density at radius 1 is 1.42 bits per heavy atom. The van der Waals surface area contributed by atoms with Gasteiger partial charge in [-0.05, 0) is 44.4 Å². The minimum absolute atomic E-state index is 0.0906. The van der Waals surface area contributed by atoms with Gasteiger partial charge >= 0.3 is 0 Å². The van der Waals surface area contributed by atoms with Crippen molar-refractivity contribution in [2.45, 2.75) is 52.7 Å². The first-order valence-corrected chi connectivity index (χ1v) is 7.15. The van der Waals surface area contributed by atoms with Crippen molar-refractivity contribution < 1.29 is 9.13 Å². The Bertz CT molecular complexity index is 448. The van der Waals surface area contributed by atoms with Crippen molar-refractivity contribution in [2.75, 3.05) is 11.9 Å². The number of hydrogen-bond donors (Lipinski definition) is 1. The van der Waals surface area contributed by atoms with E-state index in [-0.39, 0.29) is 23.4 Å². The normalized spacial score (nSPS) is 29.9. The summed E-state index contributed by atoms with van der Waals surface area (Å²) in [6, 6.07) is 5.62. The molecule has 0 saturated heterocycles. The summed E-state index contributed by atoms with van der Waals surface area (Å²) < 4.78 is 19.6. The van der Waals surface area contributed by atoms with Crippen molar-refractivity contribution in [3.8, 4) is 0 Å². The SMILES string of the molecule is CCOC1CC(Nc2ccc(C)cc2F)C1(C)CC. The van der Waals surface area contributed by atoms with Gasteiger partial charge in [-0.25, -0.2) is 4.39 Å². The number of hydrogen-bond acceptors (Lipinski definition) is 2. The average molecular weight is 265 g/mol. The van der Waals surface area contributed by atoms with Crippen LogP contribution in [0.15, 0.2) is 18.2 Å². The Morgan fingerprint density at radius 2 is 2.16 bits per heavy atom. The quantitative estimate of drug-likeness (QED) is 0.864. The van der Waals surface area contributed by atoms with Gasteiger partial charge < -0.3 is 10.1 Å². The number of anilines is 1. The fraction of sp³-hybridized carbons (Fsp3) is 0.625.